The number of hydrogen-bond donors (Lipinski definition) is 0. The number of thiazole rings is 1. The number of hydrogen-bond acceptors (Lipinski definition) is 9. The number of ether oxygens (including phenoxy) is 2. The summed E-state index contributed by atoms with van der Waals surface area (Å²) in [6, 6.07) is 7.92. The van der Waals surface area contributed by atoms with E-state index in [1.54, 1.807) is 18.2 Å². The Hall–Kier alpha value is -2.56. The molecular weight excluding hydrogens is 378 g/mol. The van der Waals surface area contributed by atoms with Crippen LogP contribution in [0.3, 0.4) is 0 Å². The number of nitrogens with zero attached hydrogens (tertiary/aromatic N) is 3. The summed E-state index contributed by atoms with van der Waals surface area (Å²) in [6.07, 6.45) is 0. The molecule has 0 N–H and O–H groups in total. The number of thiophene rings is 1. The van der Waals surface area contributed by atoms with Gasteiger partial charge in [0.2, 0.25) is 0 Å². The van der Waals surface area contributed by atoms with Gasteiger partial charge in [0.15, 0.2) is 5.13 Å². The largest absolute Gasteiger partial charge is 0.422 e. The summed E-state index contributed by atoms with van der Waals surface area (Å²) < 4.78 is 11.6. The number of aromatic nitrogens is 1. The SMILES string of the molecule is O=C(Oc1ccc2nc(N3CCOCC3)sc2c1)c1ccc([N+](=O)[O-])s1. The quantitative estimate of drug-likeness (QED) is 0.291. The highest BCUT2D eigenvalue weighted by molar-refractivity contribution is 7.22. The van der Waals surface area contributed by atoms with Gasteiger partial charge in [0.1, 0.15) is 10.6 Å². The molecule has 0 amide bonds. The van der Waals surface area contributed by atoms with Gasteiger partial charge >= 0.3 is 11.0 Å². The predicted octanol–water partition coefficient (Wildman–Crippen LogP) is 3.32. The van der Waals surface area contributed by atoms with Gasteiger partial charge in [-0.2, -0.15) is 0 Å². The van der Waals surface area contributed by atoms with Crippen molar-refractivity contribution in [1.82, 2.24) is 4.98 Å². The van der Waals surface area contributed by atoms with Crippen molar-refractivity contribution in [2.45, 2.75) is 0 Å². The number of rotatable bonds is 4. The Morgan fingerprint density at radius 2 is 2.04 bits per heavy atom. The first-order valence-electron chi connectivity index (χ1n) is 7.80. The fraction of sp³-hybridized carbons (Fsp3) is 0.250. The van der Waals surface area contributed by atoms with Crippen LogP contribution in [0.1, 0.15) is 9.67 Å². The van der Waals surface area contributed by atoms with Crippen LogP contribution in [0.4, 0.5) is 10.1 Å². The first-order chi connectivity index (χ1) is 12.6. The van der Waals surface area contributed by atoms with E-state index in [4.69, 9.17) is 9.47 Å². The van der Waals surface area contributed by atoms with Crippen LogP contribution in [-0.4, -0.2) is 42.2 Å². The summed E-state index contributed by atoms with van der Waals surface area (Å²) in [5.74, 6) is -0.226. The minimum Gasteiger partial charge on any atom is -0.422 e. The second-order valence-electron chi connectivity index (χ2n) is 5.51. The molecule has 4 rings (SSSR count). The number of carbonyl (C=O) groups excluding carboxylic acids is 1. The first kappa shape index (κ1) is 16.9. The smallest absolute Gasteiger partial charge is 0.353 e. The molecule has 0 radical (unpaired) electrons. The molecule has 0 unspecified atom stereocenters. The summed E-state index contributed by atoms with van der Waals surface area (Å²) in [5, 5.41) is 11.5. The van der Waals surface area contributed by atoms with Gasteiger partial charge in [-0.25, -0.2) is 9.78 Å². The molecule has 3 heterocycles. The Labute approximate surface area is 155 Å². The molecular formula is C16H13N3O5S2. The van der Waals surface area contributed by atoms with E-state index in [2.05, 4.69) is 9.88 Å². The van der Waals surface area contributed by atoms with Crippen molar-refractivity contribution in [3.63, 3.8) is 0 Å². The zero-order valence-electron chi connectivity index (χ0n) is 13.4. The molecule has 1 aromatic carbocycles. The molecule has 0 saturated carbocycles. The molecule has 0 spiro atoms. The van der Waals surface area contributed by atoms with Gasteiger partial charge in [0, 0.05) is 25.2 Å². The topological polar surface area (TPSA) is 94.8 Å². The van der Waals surface area contributed by atoms with Gasteiger partial charge in [0.05, 0.1) is 28.4 Å². The molecule has 8 nitrogen and oxygen atoms in total. The fourth-order valence-electron chi connectivity index (χ4n) is 2.54. The lowest BCUT2D eigenvalue weighted by Gasteiger charge is -2.25. The standard InChI is InChI=1S/C16H13N3O5S2/c20-15(12-3-4-14(25-12)19(21)22)24-10-1-2-11-13(9-10)26-16(17-11)18-5-7-23-8-6-18/h1-4,9H,5-8H2. The van der Waals surface area contributed by atoms with Crippen molar-refractivity contribution in [1.29, 1.82) is 0 Å². The van der Waals surface area contributed by atoms with Gasteiger partial charge < -0.3 is 14.4 Å². The number of anilines is 1. The lowest BCUT2D eigenvalue weighted by Crippen LogP contribution is -2.36. The third-order valence-electron chi connectivity index (χ3n) is 3.81. The molecule has 0 atom stereocenters. The second kappa shape index (κ2) is 6.98. The molecule has 1 saturated heterocycles. The minimum atomic E-state index is -0.611. The summed E-state index contributed by atoms with van der Waals surface area (Å²) in [5.41, 5.74) is 0.836. The molecule has 3 aromatic rings. The number of benzene rings is 1. The average Bonchev–Trinajstić information content (AvgIpc) is 3.29. The maximum Gasteiger partial charge on any atom is 0.353 e. The summed E-state index contributed by atoms with van der Waals surface area (Å²) in [6.45, 7) is 2.98. The van der Waals surface area contributed by atoms with Crippen molar-refractivity contribution in [2.75, 3.05) is 31.2 Å². The van der Waals surface area contributed by atoms with Gasteiger partial charge in [-0.05, 0) is 18.2 Å². The Bertz CT molecular complexity index is 977. The maximum absolute atomic E-state index is 12.2. The van der Waals surface area contributed by atoms with E-state index >= 15 is 0 Å². The first-order valence-corrected chi connectivity index (χ1v) is 9.43. The van der Waals surface area contributed by atoms with Crippen LogP contribution in [0.5, 0.6) is 5.75 Å². The fourth-order valence-corrected chi connectivity index (χ4v) is 4.28. The molecule has 134 valence electrons. The summed E-state index contributed by atoms with van der Waals surface area (Å²) >= 11 is 2.32. The van der Waals surface area contributed by atoms with Crippen molar-refractivity contribution in [3.05, 3.63) is 45.3 Å². The average molecular weight is 391 g/mol. The summed E-state index contributed by atoms with van der Waals surface area (Å²) in [7, 11) is 0. The van der Waals surface area contributed by atoms with Crippen LogP contribution in [0.25, 0.3) is 10.2 Å². The highest BCUT2D eigenvalue weighted by Gasteiger charge is 2.18. The number of carbonyl (C=O) groups is 1. The van der Waals surface area contributed by atoms with E-state index in [1.807, 2.05) is 0 Å². The van der Waals surface area contributed by atoms with Gasteiger partial charge in [-0.15, -0.1) is 0 Å². The van der Waals surface area contributed by atoms with E-state index in [9.17, 15) is 14.9 Å². The molecule has 1 fully saturated rings. The zero-order chi connectivity index (χ0) is 18.1. The molecule has 0 aliphatic carbocycles. The zero-order valence-corrected chi connectivity index (χ0v) is 15.0. The van der Waals surface area contributed by atoms with Crippen molar-refractivity contribution in [2.24, 2.45) is 0 Å². The predicted molar refractivity (Wildman–Crippen MR) is 98.6 cm³/mol. The Morgan fingerprint density at radius 3 is 2.77 bits per heavy atom. The van der Waals surface area contributed by atoms with E-state index in [-0.39, 0.29) is 9.88 Å². The lowest BCUT2D eigenvalue weighted by atomic mass is 10.3. The third-order valence-corrected chi connectivity index (χ3v) is 5.91. The number of morpholine rings is 1. The van der Waals surface area contributed by atoms with Gasteiger partial charge in [-0.1, -0.05) is 22.7 Å². The van der Waals surface area contributed by atoms with E-state index in [1.165, 1.54) is 23.5 Å². The third kappa shape index (κ3) is 3.39. The lowest BCUT2D eigenvalue weighted by molar-refractivity contribution is -0.380. The molecule has 26 heavy (non-hydrogen) atoms. The van der Waals surface area contributed by atoms with Crippen LogP contribution in [-0.2, 0) is 4.74 Å². The van der Waals surface area contributed by atoms with Crippen LogP contribution in [0.15, 0.2) is 30.3 Å². The molecule has 1 aliphatic rings. The van der Waals surface area contributed by atoms with Gasteiger partial charge in [0.25, 0.3) is 0 Å². The molecule has 0 bridgehead atoms. The van der Waals surface area contributed by atoms with E-state index in [0.717, 1.165) is 39.8 Å². The Balaban J connectivity index is 1.52. The highest BCUT2D eigenvalue weighted by Crippen LogP contribution is 2.32. The van der Waals surface area contributed by atoms with E-state index in [0.29, 0.717) is 19.0 Å². The van der Waals surface area contributed by atoms with Crippen LogP contribution in [0, 0.1) is 10.1 Å². The van der Waals surface area contributed by atoms with Crippen molar-refractivity contribution in [3.8, 4) is 5.75 Å². The van der Waals surface area contributed by atoms with Crippen molar-refractivity contribution >= 4 is 49.0 Å². The monoisotopic (exact) mass is 391 g/mol. The molecule has 1 aliphatic heterocycles. The maximum atomic E-state index is 12.2. The second-order valence-corrected chi connectivity index (χ2v) is 7.58. The molecule has 10 heteroatoms. The summed E-state index contributed by atoms with van der Waals surface area (Å²) in [4.78, 5) is 29.3. The number of esters is 1. The normalized spacial score (nSPS) is 14.5. The van der Waals surface area contributed by atoms with Gasteiger partial charge in [-0.3, -0.25) is 10.1 Å². The van der Waals surface area contributed by atoms with Crippen LogP contribution in [0.2, 0.25) is 0 Å². The minimum absolute atomic E-state index is 0.0926. The Morgan fingerprint density at radius 1 is 1.23 bits per heavy atom. The highest BCUT2D eigenvalue weighted by atomic mass is 32.1. The van der Waals surface area contributed by atoms with Crippen LogP contribution >= 0.6 is 22.7 Å². The molecule has 2 aromatic heterocycles. The van der Waals surface area contributed by atoms with Crippen LogP contribution < -0.4 is 9.64 Å². The van der Waals surface area contributed by atoms with E-state index < -0.39 is 10.9 Å². The number of nitro groups is 1. The van der Waals surface area contributed by atoms with Crippen molar-refractivity contribution < 1.29 is 19.2 Å². The Kier molecular flexibility index (Phi) is 4.53. The number of fused-ring (bicyclic) bond motifs is 1.